The number of aromatic nitrogens is 2. The number of rotatable bonds is 8. The zero-order valence-electron chi connectivity index (χ0n) is 22.5. The third-order valence-corrected chi connectivity index (χ3v) is 7.82. The average molecular weight is 689 g/mol. The summed E-state index contributed by atoms with van der Waals surface area (Å²) in [6.45, 7) is 0.285. The summed E-state index contributed by atoms with van der Waals surface area (Å²) in [5.74, 6) is 2.05. The summed E-state index contributed by atoms with van der Waals surface area (Å²) < 4.78 is 26.6. The summed E-state index contributed by atoms with van der Waals surface area (Å²) in [6, 6.07) is 26.0. The maximum atomic E-state index is 13.6. The highest BCUT2D eigenvalue weighted by Gasteiger charge is 2.18. The van der Waals surface area contributed by atoms with Gasteiger partial charge in [-0.1, -0.05) is 68.3 Å². The molecule has 0 saturated heterocycles. The summed E-state index contributed by atoms with van der Waals surface area (Å²) in [5, 5.41) is 5.89. The van der Waals surface area contributed by atoms with Crippen LogP contribution in [0.2, 0.25) is 0 Å². The van der Waals surface area contributed by atoms with Crippen molar-refractivity contribution in [3.63, 3.8) is 0 Å². The molecular formula is C32H23Br2N3O5. The number of furan rings is 1. The molecule has 4 aromatic carbocycles. The maximum absolute atomic E-state index is 13.6. The Morgan fingerprint density at radius 3 is 2.40 bits per heavy atom. The zero-order chi connectivity index (χ0) is 29.2. The van der Waals surface area contributed by atoms with Crippen LogP contribution in [0, 0.1) is 0 Å². The molecule has 2 aromatic heterocycles. The quantitative estimate of drug-likeness (QED) is 0.152. The molecule has 0 saturated carbocycles. The van der Waals surface area contributed by atoms with E-state index in [1.165, 1.54) is 4.68 Å². The van der Waals surface area contributed by atoms with Gasteiger partial charge in [0, 0.05) is 25.5 Å². The van der Waals surface area contributed by atoms with E-state index in [-0.39, 0.29) is 18.0 Å². The number of ether oxygens (including phenoxy) is 3. The standard InChI is InChI=1S/C32H23Br2N3O5/c1-39-27-13-19(14-28(40-2)30(27)41-18-21-11-12-22(33)16-24(21)34)17-35-37-31(29-15-20-7-3-6-10-26(20)42-29)36-25-9-5-4-8-23(25)32(37)38/h3-17H,18H2,1-2H3. The smallest absolute Gasteiger partial charge is 0.282 e. The van der Waals surface area contributed by atoms with Crippen molar-refractivity contribution in [3.05, 3.63) is 115 Å². The monoisotopic (exact) mass is 687 g/mol. The van der Waals surface area contributed by atoms with Crippen LogP contribution >= 0.6 is 31.9 Å². The lowest BCUT2D eigenvalue weighted by Gasteiger charge is -2.16. The molecule has 0 aliphatic carbocycles. The molecule has 0 amide bonds. The van der Waals surface area contributed by atoms with Crippen LogP contribution < -0.4 is 19.8 Å². The van der Waals surface area contributed by atoms with E-state index in [0.29, 0.717) is 45.1 Å². The number of halogens is 2. The molecule has 42 heavy (non-hydrogen) atoms. The van der Waals surface area contributed by atoms with Crippen molar-refractivity contribution in [2.45, 2.75) is 6.61 Å². The average Bonchev–Trinajstić information content (AvgIpc) is 3.44. The molecule has 8 nitrogen and oxygen atoms in total. The Morgan fingerprint density at radius 1 is 0.929 bits per heavy atom. The molecule has 0 atom stereocenters. The largest absolute Gasteiger partial charge is 0.493 e. The molecule has 0 fully saturated rings. The first-order valence-corrected chi connectivity index (χ1v) is 14.4. The number of benzene rings is 4. The molecule has 210 valence electrons. The van der Waals surface area contributed by atoms with Gasteiger partial charge in [-0.05, 0) is 48.5 Å². The van der Waals surface area contributed by atoms with Gasteiger partial charge in [-0.3, -0.25) is 4.79 Å². The van der Waals surface area contributed by atoms with Gasteiger partial charge in [-0.15, -0.1) is 0 Å². The normalized spacial score (nSPS) is 11.4. The molecule has 6 rings (SSSR count). The van der Waals surface area contributed by atoms with Crippen LogP contribution in [0.5, 0.6) is 17.2 Å². The third kappa shape index (κ3) is 5.43. The Balaban J connectivity index is 1.40. The van der Waals surface area contributed by atoms with Crippen LogP contribution in [0.3, 0.4) is 0 Å². The second kappa shape index (κ2) is 11.8. The molecule has 0 aliphatic heterocycles. The molecule has 10 heteroatoms. The molecule has 0 bridgehead atoms. The lowest BCUT2D eigenvalue weighted by molar-refractivity contribution is 0.265. The van der Waals surface area contributed by atoms with Gasteiger partial charge in [0.15, 0.2) is 17.3 Å². The van der Waals surface area contributed by atoms with Gasteiger partial charge in [0.05, 0.1) is 31.3 Å². The lowest BCUT2D eigenvalue weighted by atomic mass is 10.2. The van der Waals surface area contributed by atoms with Gasteiger partial charge in [-0.2, -0.15) is 9.78 Å². The predicted octanol–water partition coefficient (Wildman–Crippen LogP) is 7.81. The minimum atomic E-state index is -0.328. The topological polar surface area (TPSA) is 88.1 Å². The predicted molar refractivity (Wildman–Crippen MR) is 170 cm³/mol. The van der Waals surface area contributed by atoms with Crippen molar-refractivity contribution >= 4 is 59.9 Å². The van der Waals surface area contributed by atoms with E-state index < -0.39 is 0 Å². The van der Waals surface area contributed by atoms with Gasteiger partial charge < -0.3 is 18.6 Å². The van der Waals surface area contributed by atoms with E-state index >= 15 is 0 Å². The highest BCUT2D eigenvalue weighted by Crippen LogP contribution is 2.39. The zero-order valence-corrected chi connectivity index (χ0v) is 25.7. The van der Waals surface area contributed by atoms with E-state index in [1.54, 1.807) is 50.8 Å². The van der Waals surface area contributed by atoms with Crippen LogP contribution in [-0.2, 0) is 6.61 Å². The van der Waals surface area contributed by atoms with E-state index in [0.717, 1.165) is 19.9 Å². The van der Waals surface area contributed by atoms with Crippen LogP contribution in [0.15, 0.2) is 108 Å². The van der Waals surface area contributed by atoms with E-state index in [9.17, 15) is 4.79 Å². The van der Waals surface area contributed by atoms with Crippen molar-refractivity contribution in [1.82, 2.24) is 9.66 Å². The first-order chi connectivity index (χ1) is 20.4. The SMILES string of the molecule is COc1cc(C=Nn2c(-c3cc4ccccc4o3)nc3ccccc3c2=O)cc(OC)c1OCc1ccc(Br)cc1Br. The molecule has 0 aliphatic rings. The summed E-state index contributed by atoms with van der Waals surface area (Å²) in [5.41, 5.74) is 2.48. The van der Waals surface area contributed by atoms with Gasteiger partial charge in [0.1, 0.15) is 12.2 Å². The molecule has 6 aromatic rings. The maximum Gasteiger partial charge on any atom is 0.282 e. The van der Waals surface area contributed by atoms with Crippen molar-refractivity contribution in [2.75, 3.05) is 14.2 Å². The first kappa shape index (κ1) is 27.7. The first-order valence-electron chi connectivity index (χ1n) is 12.8. The third-order valence-electron chi connectivity index (χ3n) is 6.59. The van der Waals surface area contributed by atoms with E-state index in [1.807, 2.05) is 54.6 Å². The Bertz CT molecular complexity index is 1980. The van der Waals surface area contributed by atoms with Crippen molar-refractivity contribution in [3.8, 4) is 28.8 Å². The summed E-state index contributed by atoms with van der Waals surface area (Å²) in [6.07, 6.45) is 1.55. The molecule has 0 spiro atoms. The Kier molecular flexibility index (Phi) is 7.82. The minimum Gasteiger partial charge on any atom is -0.493 e. The fourth-order valence-corrected chi connectivity index (χ4v) is 5.67. The minimum absolute atomic E-state index is 0.283. The Morgan fingerprint density at radius 2 is 1.67 bits per heavy atom. The molecule has 2 heterocycles. The van der Waals surface area contributed by atoms with Crippen LogP contribution in [0.25, 0.3) is 33.5 Å². The molecule has 0 radical (unpaired) electrons. The number of para-hydroxylation sites is 2. The number of nitrogens with zero attached hydrogens (tertiary/aromatic N) is 3. The van der Waals surface area contributed by atoms with Crippen LogP contribution in [0.4, 0.5) is 0 Å². The van der Waals surface area contributed by atoms with Gasteiger partial charge in [0.2, 0.25) is 11.6 Å². The summed E-state index contributed by atoms with van der Waals surface area (Å²) >= 11 is 7.04. The molecule has 0 N–H and O–H groups in total. The summed E-state index contributed by atoms with van der Waals surface area (Å²) in [4.78, 5) is 18.4. The number of fused-ring (bicyclic) bond motifs is 2. The Labute approximate surface area is 257 Å². The van der Waals surface area contributed by atoms with Gasteiger partial charge >= 0.3 is 0 Å². The number of hydrogen-bond acceptors (Lipinski definition) is 7. The second-order valence-corrected chi connectivity index (χ2v) is 11.0. The Hall–Kier alpha value is -4.41. The van der Waals surface area contributed by atoms with Crippen LogP contribution in [-0.4, -0.2) is 30.1 Å². The van der Waals surface area contributed by atoms with Crippen LogP contribution in [0.1, 0.15) is 11.1 Å². The number of methoxy groups -OCH3 is 2. The highest BCUT2D eigenvalue weighted by atomic mass is 79.9. The van der Waals surface area contributed by atoms with E-state index in [2.05, 4.69) is 37.0 Å². The number of hydrogen-bond donors (Lipinski definition) is 0. The van der Waals surface area contributed by atoms with Crippen molar-refractivity contribution in [1.29, 1.82) is 0 Å². The van der Waals surface area contributed by atoms with Gasteiger partial charge in [0.25, 0.3) is 5.56 Å². The highest BCUT2D eigenvalue weighted by molar-refractivity contribution is 9.11. The fraction of sp³-hybridized carbons (Fsp3) is 0.0938. The summed E-state index contributed by atoms with van der Waals surface area (Å²) in [7, 11) is 3.10. The molecule has 0 unspecified atom stereocenters. The second-order valence-electron chi connectivity index (χ2n) is 9.24. The fourth-order valence-electron chi connectivity index (χ4n) is 4.51. The van der Waals surface area contributed by atoms with E-state index in [4.69, 9.17) is 23.6 Å². The molecular weight excluding hydrogens is 666 g/mol. The van der Waals surface area contributed by atoms with Crippen molar-refractivity contribution < 1.29 is 18.6 Å². The lowest BCUT2D eigenvalue weighted by Crippen LogP contribution is -2.20. The van der Waals surface area contributed by atoms with Crippen molar-refractivity contribution in [2.24, 2.45) is 5.10 Å². The van der Waals surface area contributed by atoms with Gasteiger partial charge in [-0.25, -0.2) is 4.98 Å².